The monoisotopic (exact) mass is 615 g/mol. The van der Waals surface area contributed by atoms with Crippen LogP contribution in [0.3, 0.4) is 0 Å². The standard InChI is InChI=1S/C25H19Br2N3O6/c1-34-20-11-16(21(26)22(27)23(20)31)12-28-30-25(33)17(29-24(32)15-5-3-2-4-6-15)9-14-7-8-18-19(10-14)36-13-35-18/h2-12,31H,13H2,1H3,(H,29,32)(H,30,33)/b17-9+,28-12+. The molecule has 0 radical (unpaired) electrons. The molecule has 0 spiro atoms. The van der Waals surface area contributed by atoms with Crippen molar-refractivity contribution in [3.05, 3.63) is 85.9 Å². The smallest absolute Gasteiger partial charge is 0.287 e. The summed E-state index contributed by atoms with van der Waals surface area (Å²) in [4.78, 5) is 25.8. The molecule has 1 aliphatic rings. The second kappa shape index (κ2) is 11.3. The summed E-state index contributed by atoms with van der Waals surface area (Å²) in [5.74, 6) is 0.148. The Kier molecular flexibility index (Phi) is 7.91. The van der Waals surface area contributed by atoms with Crippen LogP contribution >= 0.6 is 31.9 Å². The molecule has 0 unspecified atom stereocenters. The number of ether oxygens (including phenoxy) is 3. The first kappa shape index (κ1) is 25.3. The van der Waals surface area contributed by atoms with Crippen LogP contribution in [0.1, 0.15) is 21.5 Å². The molecule has 4 rings (SSSR count). The van der Waals surface area contributed by atoms with Crippen molar-refractivity contribution in [2.75, 3.05) is 13.9 Å². The highest BCUT2D eigenvalue weighted by atomic mass is 79.9. The first-order valence-corrected chi connectivity index (χ1v) is 12.0. The quantitative estimate of drug-likeness (QED) is 0.203. The normalized spacial score (nSPS) is 12.5. The van der Waals surface area contributed by atoms with Crippen molar-refractivity contribution in [2.24, 2.45) is 5.10 Å². The number of rotatable bonds is 7. The highest BCUT2D eigenvalue weighted by Crippen LogP contribution is 2.41. The minimum atomic E-state index is -0.658. The third kappa shape index (κ3) is 5.69. The lowest BCUT2D eigenvalue weighted by molar-refractivity contribution is -0.117. The summed E-state index contributed by atoms with van der Waals surface area (Å²) in [5, 5.41) is 16.7. The maximum atomic E-state index is 13.0. The molecular formula is C25H19Br2N3O6. The number of benzene rings is 3. The highest BCUT2D eigenvalue weighted by molar-refractivity contribution is 9.13. The number of amides is 2. The van der Waals surface area contributed by atoms with E-state index in [1.54, 1.807) is 54.6 Å². The molecule has 0 aromatic heterocycles. The molecule has 184 valence electrons. The lowest BCUT2D eigenvalue weighted by atomic mass is 10.1. The Morgan fingerprint density at radius 2 is 1.81 bits per heavy atom. The fourth-order valence-corrected chi connectivity index (χ4v) is 4.02. The number of carbonyl (C=O) groups is 2. The van der Waals surface area contributed by atoms with E-state index >= 15 is 0 Å². The van der Waals surface area contributed by atoms with E-state index in [1.807, 2.05) is 0 Å². The van der Waals surface area contributed by atoms with Gasteiger partial charge in [0.2, 0.25) is 6.79 Å². The Bertz CT molecular complexity index is 1380. The molecule has 1 aliphatic heterocycles. The van der Waals surface area contributed by atoms with Gasteiger partial charge >= 0.3 is 0 Å². The zero-order valence-corrected chi connectivity index (χ0v) is 21.9. The Hall–Kier alpha value is -3.83. The number of hydrazone groups is 1. The van der Waals surface area contributed by atoms with Crippen LogP contribution in [-0.2, 0) is 4.79 Å². The summed E-state index contributed by atoms with van der Waals surface area (Å²) in [6, 6.07) is 15.2. The van der Waals surface area contributed by atoms with Crippen LogP contribution in [0.5, 0.6) is 23.0 Å². The van der Waals surface area contributed by atoms with Crippen LogP contribution in [0.2, 0.25) is 0 Å². The maximum absolute atomic E-state index is 13.0. The van der Waals surface area contributed by atoms with Crippen molar-refractivity contribution in [1.82, 2.24) is 10.7 Å². The molecule has 0 saturated carbocycles. The van der Waals surface area contributed by atoms with Crippen LogP contribution in [0.25, 0.3) is 6.08 Å². The van der Waals surface area contributed by atoms with Crippen LogP contribution < -0.4 is 25.0 Å². The van der Waals surface area contributed by atoms with Crippen LogP contribution in [0.15, 0.2) is 74.3 Å². The number of fused-ring (bicyclic) bond motifs is 1. The van der Waals surface area contributed by atoms with Crippen molar-refractivity contribution < 1.29 is 28.9 Å². The zero-order chi connectivity index (χ0) is 25.7. The second-order valence-electron chi connectivity index (χ2n) is 7.33. The van der Waals surface area contributed by atoms with Gasteiger partial charge in [0, 0.05) is 15.6 Å². The van der Waals surface area contributed by atoms with Gasteiger partial charge in [0.05, 0.1) is 17.8 Å². The molecular weight excluding hydrogens is 598 g/mol. The first-order chi connectivity index (χ1) is 17.4. The Labute approximate surface area is 223 Å². The topological polar surface area (TPSA) is 118 Å². The van der Waals surface area contributed by atoms with E-state index < -0.39 is 11.8 Å². The van der Waals surface area contributed by atoms with Gasteiger partial charge in [0.25, 0.3) is 11.8 Å². The minimum Gasteiger partial charge on any atom is -0.503 e. The second-order valence-corrected chi connectivity index (χ2v) is 8.92. The Morgan fingerprint density at radius 1 is 1.06 bits per heavy atom. The van der Waals surface area contributed by atoms with Crippen LogP contribution in [-0.4, -0.2) is 37.0 Å². The van der Waals surface area contributed by atoms with Gasteiger partial charge in [-0.1, -0.05) is 24.3 Å². The lowest BCUT2D eigenvalue weighted by Gasteiger charge is -2.10. The highest BCUT2D eigenvalue weighted by Gasteiger charge is 2.17. The summed E-state index contributed by atoms with van der Waals surface area (Å²) in [6.45, 7) is 0.114. The fraction of sp³-hybridized carbons (Fsp3) is 0.0800. The third-order valence-electron chi connectivity index (χ3n) is 5.00. The van der Waals surface area contributed by atoms with E-state index in [2.05, 4.69) is 47.7 Å². The molecule has 0 saturated heterocycles. The maximum Gasteiger partial charge on any atom is 0.287 e. The van der Waals surface area contributed by atoms with E-state index in [-0.39, 0.29) is 24.0 Å². The number of nitrogens with one attached hydrogen (secondary N) is 2. The van der Waals surface area contributed by atoms with Crippen molar-refractivity contribution in [3.8, 4) is 23.0 Å². The van der Waals surface area contributed by atoms with Crippen molar-refractivity contribution in [2.45, 2.75) is 0 Å². The molecule has 2 amide bonds. The van der Waals surface area contributed by atoms with Gasteiger partial charge in [0.15, 0.2) is 23.0 Å². The molecule has 1 heterocycles. The van der Waals surface area contributed by atoms with Gasteiger partial charge in [-0.15, -0.1) is 0 Å². The number of methoxy groups -OCH3 is 1. The predicted molar refractivity (Wildman–Crippen MR) is 140 cm³/mol. The molecule has 3 aromatic rings. The van der Waals surface area contributed by atoms with Crippen LogP contribution in [0, 0.1) is 0 Å². The Morgan fingerprint density at radius 3 is 2.56 bits per heavy atom. The number of phenolic OH excluding ortho intramolecular Hbond substituents is 1. The molecule has 0 fully saturated rings. The van der Waals surface area contributed by atoms with E-state index in [0.717, 1.165) is 0 Å². The summed E-state index contributed by atoms with van der Waals surface area (Å²) < 4.78 is 16.7. The van der Waals surface area contributed by atoms with Gasteiger partial charge in [-0.25, -0.2) is 5.43 Å². The SMILES string of the molecule is COc1cc(/C=N/NC(=O)/C(=C\c2ccc3c(c2)OCO3)NC(=O)c2ccccc2)c(Br)c(Br)c1O. The number of nitrogens with zero attached hydrogens (tertiary/aromatic N) is 1. The lowest BCUT2D eigenvalue weighted by Crippen LogP contribution is -2.32. The van der Waals surface area contributed by atoms with Crippen molar-refractivity contribution in [1.29, 1.82) is 0 Å². The summed E-state index contributed by atoms with van der Waals surface area (Å²) in [7, 11) is 1.42. The van der Waals surface area contributed by atoms with Gasteiger partial charge < -0.3 is 24.6 Å². The predicted octanol–water partition coefficient (Wildman–Crippen LogP) is 4.58. The molecule has 3 aromatic carbocycles. The number of aromatic hydroxyl groups is 1. The molecule has 3 N–H and O–H groups in total. The van der Waals surface area contributed by atoms with Gasteiger partial charge in [-0.05, 0) is 73.8 Å². The molecule has 9 nitrogen and oxygen atoms in total. The molecule has 0 aliphatic carbocycles. The minimum absolute atomic E-state index is 0.0385. The fourth-order valence-electron chi connectivity index (χ4n) is 3.19. The van der Waals surface area contributed by atoms with Gasteiger partial charge in [0.1, 0.15) is 5.70 Å². The van der Waals surface area contributed by atoms with Crippen LogP contribution in [0.4, 0.5) is 0 Å². The summed E-state index contributed by atoms with van der Waals surface area (Å²) in [6.07, 6.45) is 2.87. The Balaban J connectivity index is 1.59. The van der Waals surface area contributed by atoms with E-state index in [4.69, 9.17) is 14.2 Å². The molecule has 11 heteroatoms. The number of hydrogen-bond donors (Lipinski definition) is 3. The first-order valence-electron chi connectivity index (χ1n) is 10.4. The average Bonchev–Trinajstić information content (AvgIpc) is 3.36. The molecule has 0 atom stereocenters. The summed E-state index contributed by atoms with van der Waals surface area (Å²) >= 11 is 6.63. The third-order valence-corrected chi connectivity index (χ3v) is 7.16. The largest absolute Gasteiger partial charge is 0.503 e. The van der Waals surface area contributed by atoms with E-state index in [1.165, 1.54) is 19.4 Å². The van der Waals surface area contributed by atoms with Gasteiger partial charge in [-0.2, -0.15) is 5.10 Å². The van der Waals surface area contributed by atoms with E-state index in [0.29, 0.717) is 37.1 Å². The molecule has 36 heavy (non-hydrogen) atoms. The number of hydrogen-bond acceptors (Lipinski definition) is 7. The number of carbonyl (C=O) groups excluding carboxylic acids is 2. The average molecular weight is 617 g/mol. The molecule has 0 bridgehead atoms. The van der Waals surface area contributed by atoms with Crippen molar-refractivity contribution in [3.63, 3.8) is 0 Å². The number of halogens is 2. The van der Waals surface area contributed by atoms with Gasteiger partial charge in [-0.3, -0.25) is 9.59 Å². The van der Waals surface area contributed by atoms with E-state index in [9.17, 15) is 14.7 Å². The zero-order valence-electron chi connectivity index (χ0n) is 18.7. The summed E-state index contributed by atoms with van der Waals surface area (Å²) in [5.41, 5.74) is 3.89. The van der Waals surface area contributed by atoms with Crippen molar-refractivity contribution >= 4 is 56.0 Å². The number of phenols is 1.